The van der Waals surface area contributed by atoms with Gasteiger partial charge in [0, 0.05) is 25.3 Å². The van der Waals surface area contributed by atoms with Crippen molar-refractivity contribution < 1.29 is 18.0 Å². The van der Waals surface area contributed by atoms with E-state index < -0.39 is 11.7 Å². The summed E-state index contributed by atoms with van der Waals surface area (Å²) in [6, 6.07) is 2.17. The smallest absolute Gasteiger partial charge is 0.337 e. The van der Waals surface area contributed by atoms with Crippen molar-refractivity contribution in [3.63, 3.8) is 0 Å². The zero-order chi connectivity index (χ0) is 17.3. The molecule has 3 rings (SSSR count). The molecule has 2 aromatic rings. The molecule has 2 N–H and O–H groups in total. The first-order chi connectivity index (χ1) is 11.3. The predicted octanol–water partition coefficient (Wildman–Crippen LogP) is 2.09. The highest BCUT2D eigenvalue weighted by Gasteiger charge is 2.31. The van der Waals surface area contributed by atoms with Crippen LogP contribution in [0.4, 0.5) is 13.2 Å². The highest BCUT2D eigenvalue weighted by atomic mass is 35.5. The number of likely N-dealkylation sites (tertiary alicyclic amines) is 1. The average molecular weight is 413 g/mol. The zero-order valence-electron chi connectivity index (χ0n) is 13.4. The van der Waals surface area contributed by atoms with Crippen LogP contribution >= 0.6 is 24.8 Å². The quantitative estimate of drug-likeness (QED) is 0.815. The molecule has 0 radical (unpaired) electrons. The first kappa shape index (κ1) is 22.1. The van der Waals surface area contributed by atoms with E-state index >= 15 is 0 Å². The van der Waals surface area contributed by atoms with Crippen molar-refractivity contribution in [1.29, 1.82) is 0 Å². The van der Waals surface area contributed by atoms with Crippen LogP contribution in [0.3, 0.4) is 0 Å². The van der Waals surface area contributed by atoms with E-state index in [1.165, 1.54) is 16.9 Å². The molecular formula is C14H17Cl2F3N6O. The van der Waals surface area contributed by atoms with Crippen molar-refractivity contribution in [2.45, 2.75) is 25.1 Å². The molecule has 0 aromatic carbocycles. The van der Waals surface area contributed by atoms with Crippen LogP contribution in [0.15, 0.2) is 24.5 Å². The highest BCUT2D eigenvalue weighted by molar-refractivity contribution is 5.92. The Morgan fingerprint density at radius 1 is 1.19 bits per heavy atom. The molecule has 0 bridgehead atoms. The van der Waals surface area contributed by atoms with E-state index in [-0.39, 0.29) is 48.3 Å². The van der Waals surface area contributed by atoms with Crippen molar-refractivity contribution in [2.24, 2.45) is 5.73 Å². The molecule has 12 heteroatoms. The van der Waals surface area contributed by atoms with E-state index in [2.05, 4.69) is 15.3 Å². The first-order valence-corrected chi connectivity index (χ1v) is 7.35. The molecule has 1 amide bonds. The SMILES string of the molecule is Cl.Cl.NC1CCN(C(=O)c2cn(-c3ccc(C(F)(F)F)cn3)nn2)CC1. The lowest BCUT2D eigenvalue weighted by atomic mass is 10.1. The van der Waals surface area contributed by atoms with Gasteiger partial charge in [-0.05, 0) is 25.0 Å². The third-order valence-corrected chi connectivity index (χ3v) is 3.85. The lowest BCUT2D eigenvalue weighted by Gasteiger charge is -2.29. The van der Waals surface area contributed by atoms with Gasteiger partial charge in [0.05, 0.1) is 11.8 Å². The summed E-state index contributed by atoms with van der Waals surface area (Å²) in [6.07, 6.45) is -0.943. The summed E-state index contributed by atoms with van der Waals surface area (Å²) in [5, 5.41) is 7.55. The van der Waals surface area contributed by atoms with Crippen LogP contribution in [0.2, 0.25) is 0 Å². The normalized spacial score (nSPS) is 15.2. The molecule has 0 saturated carbocycles. The summed E-state index contributed by atoms with van der Waals surface area (Å²) in [4.78, 5) is 17.7. The van der Waals surface area contributed by atoms with Gasteiger partial charge in [0.15, 0.2) is 11.5 Å². The molecule has 26 heavy (non-hydrogen) atoms. The van der Waals surface area contributed by atoms with Crippen molar-refractivity contribution in [2.75, 3.05) is 13.1 Å². The number of carbonyl (C=O) groups is 1. The Kier molecular flexibility index (Phi) is 7.36. The molecule has 1 saturated heterocycles. The van der Waals surface area contributed by atoms with E-state index in [4.69, 9.17) is 5.73 Å². The van der Waals surface area contributed by atoms with Gasteiger partial charge in [-0.15, -0.1) is 29.9 Å². The molecule has 2 aromatic heterocycles. The van der Waals surface area contributed by atoms with E-state index in [1.54, 1.807) is 4.90 Å². The fourth-order valence-corrected chi connectivity index (χ4v) is 2.43. The second-order valence-electron chi connectivity index (χ2n) is 5.58. The van der Waals surface area contributed by atoms with Gasteiger partial charge in [0.1, 0.15) is 0 Å². The molecule has 3 heterocycles. The molecule has 144 valence electrons. The third-order valence-electron chi connectivity index (χ3n) is 3.85. The number of hydrogen-bond donors (Lipinski definition) is 1. The Labute approximate surface area is 159 Å². The number of alkyl halides is 3. The summed E-state index contributed by atoms with van der Waals surface area (Å²) in [5.74, 6) is -0.129. The molecule has 0 unspecified atom stereocenters. The number of piperidine rings is 1. The number of nitrogens with zero attached hydrogens (tertiary/aromatic N) is 5. The maximum absolute atomic E-state index is 12.5. The summed E-state index contributed by atoms with van der Waals surface area (Å²) in [5.41, 5.74) is 5.06. The summed E-state index contributed by atoms with van der Waals surface area (Å²) in [7, 11) is 0. The lowest BCUT2D eigenvalue weighted by Crippen LogP contribution is -2.43. The van der Waals surface area contributed by atoms with Gasteiger partial charge in [-0.3, -0.25) is 4.79 Å². The number of hydrogen-bond acceptors (Lipinski definition) is 5. The zero-order valence-corrected chi connectivity index (χ0v) is 15.0. The topological polar surface area (TPSA) is 89.9 Å². The van der Waals surface area contributed by atoms with Crippen LogP contribution in [0.25, 0.3) is 5.82 Å². The van der Waals surface area contributed by atoms with Gasteiger partial charge in [-0.25, -0.2) is 9.67 Å². The third kappa shape index (κ3) is 4.83. The number of pyridine rings is 1. The number of amides is 1. The maximum atomic E-state index is 12.5. The monoisotopic (exact) mass is 412 g/mol. The molecule has 0 aliphatic carbocycles. The van der Waals surface area contributed by atoms with Crippen LogP contribution in [-0.4, -0.2) is 49.9 Å². The molecule has 1 aliphatic rings. The van der Waals surface area contributed by atoms with Crippen LogP contribution < -0.4 is 5.73 Å². The fraction of sp³-hybridized carbons (Fsp3) is 0.429. The van der Waals surface area contributed by atoms with E-state index in [1.807, 2.05) is 0 Å². The number of carbonyl (C=O) groups excluding carboxylic acids is 1. The van der Waals surface area contributed by atoms with Crippen molar-refractivity contribution in [3.05, 3.63) is 35.8 Å². The van der Waals surface area contributed by atoms with Crippen LogP contribution in [0.5, 0.6) is 0 Å². The minimum Gasteiger partial charge on any atom is -0.337 e. The maximum Gasteiger partial charge on any atom is 0.417 e. The summed E-state index contributed by atoms with van der Waals surface area (Å²) < 4.78 is 38.8. The average Bonchev–Trinajstić information content (AvgIpc) is 3.04. The Bertz CT molecular complexity index is 729. The number of rotatable bonds is 2. The van der Waals surface area contributed by atoms with Crippen LogP contribution in [0.1, 0.15) is 28.9 Å². The van der Waals surface area contributed by atoms with Gasteiger partial charge in [0.25, 0.3) is 5.91 Å². The lowest BCUT2D eigenvalue weighted by molar-refractivity contribution is -0.137. The first-order valence-electron chi connectivity index (χ1n) is 7.35. The number of halogens is 5. The molecule has 1 aliphatic heterocycles. The van der Waals surface area contributed by atoms with E-state index in [9.17, 15) is 18.0 Å². The Morgan fingerprint density at radius 3 is 2.38 bits per heavy atom. The van der Waals surface area contributed by atoms with Crippen LogP contribution in [0, 0.1) is 0 Å². The van der Waals surface area contributed by atoms with Gasteiger partial charge in [-0.2, -0.15) is 13.2 Å². The Balaban J connectivity index is 0.00000169. The Morgan fingerprint density at radius 2 is 1.85 bits per heavy atom. The van der Waals surface area contributed by atoms with Gasteiger partial charge < -0.3 is 10.6 Å². The van der Waals surface area contributed by atoms with Crippen molar-refractivity contribution in [1.82, 2.24) is 24.9 Å². The predicted molar refractivity (Wildman–Crippen MR) is 91.8 cm³/mol. The van der Waals surface area contributed by atoms with Gasteiger partial charge in [0.2, 0.25) is 0 Å². The largest absolute Gasteiger partial charge is 0.417 e. The van der Waals surface area contributed by atoms with Crippen LogP contribution in [-0.2, 0) is 6.18 Å². The van der Waals surface area contributed by atoms with Crippen molar-refractivity contribution >= 4 is 30.7 Å². The molecule has 1 fully saturated rings. The Hall–Kier alpha value is -1.91. The standard InChI is InChI=1S/C14H15F3N6O.2ClH/c15-14(16,17)9-1-2-12(19-7-9)23-8-11(20-21-23)13(24)22-5-3-10(18)4-6-22;;/h1-2,7-8,10H,3-6,18H2;2*1H. The molecule has 0 atom stereocenters. The van der Waals surface area contributed by atoms with E-state index in [0.29, 0.717) is 19.3 Å². The van der Waals surface area contributed by atoms with E-state index in [0.717, 1.165) is 18.9 Å². The summed E-state index contributed by atoms with van der Waals surface area (Å²) >= 11 is 0. The van der Waals surface area contributed by atoms with Gasteiger partial charge in [-0.1, -0.05) is 5.21 Å². The summed E-state index contributed by atoms with van der Waals surface area (Å²) in [6.45, 7) is 1.09. The minimum absolute atomic E-state index is 0. The van der Waals surface area contributed by atoms with Gasteiger partial charge >= 0.3 is 6.18 Å². The molecule has 7 nitrogen and oxygen atoms in total. The fourth-order valence-electron chi connectivity index (χ4n) is 2.43. The second-order valence-corrected chi connectivity index (χ2v) is 5.58. The van der Waals surface area contributed by atoms with Crippen molar-refractivity contribution in [3.8, 4) is 5.82 Å². The molecular weight excluding hydrogens is 396 g/mol. The molecule has 0 spiro atoms. The number of aromatic nitrogens is 4. The second kappa shape index (κ2) is 8.65. The highest BCUT2D eigenvalue weighted by Crippen LogP contribution is 2.28. The number of nitrogens with two attached hydrogens (primary N) is 1. The minimum atomic E-state index is -4.45.